The lowest BCUT2D eigenvalue weighted by Crippen LogP contribution is -2.37. The van der Waals surface area contributed by atoms with Crippen LogP contribution in [-0.2, 0) is 6.54 Å². The van der Waals surface area contributed by atoms with E-state index in [0.717, 1.165) is 22.0 Å². The summed E-state index contributed by atoms with van der Waals surface area (Å²) >= 11 is 11.7. The zero-order chi connectivity index (χ0) is 17.6. The van der Waals surface area contributed by atoms with Crippen LogP contribution < -0.4 is 11.1 Å². The van der Waals surface area contributed by atoms with Gasteiger partial charge in [0.15, 0.2) is 5.11 Å². The molecule has 0 aliphatic heterocycles. The summed E-state index contributed by atoms with van der Waals surface area (Å²) in [4.78, 5) is 6.17. The average Bonchev–Trinajstić information content (AvgIpc) is 2.61. The fourth-order valence-electron chi connectivity index (χ4n) is 2.63. The molecule has 0 amide bonds. The molecule has 3 rings (SSSR count). The van der Waals surface area contributed by atoms with E-state index in [-0.39, 0.29) is 0 Å². The number of hydrogen-bond donors (Lipinski definition) is 2. The first-order chi connectivity index (χ1) is 12.2. The molecule has 1 heterocycles. The van der Waals surface area contributed by atoms with Crippen molar-refractivity contribution < 1.29 is 0 Å². The standard InChI is InChI=1S/C19H19ClN4S/c20-17-3-1-2-14(10-17)13-24(9-7-21)19(25)23-18-5-4-16-12-22-8-6-15(16)11-18/h1-6,8,10-12H,7,9,13,21H2,(H,23,25). The maximum Gasteiger partial charge on any atom is 0.173 e. The smallest absolute Gasteiger partial charge is 0.173 e. The minimum absolute atomic E-state index is 0.520. The number of nitrogens with one attached hydrogen (secondary N) is 1. The summed E-state index contributed by atoms with van der Waals surface area (Å²) in [6, 6.07) is 15.8. The molecule has 0 fully saturated rings. The minimum atomic E-state index is 0.520. The first-order valence-corrected chi connectivity index (χ1v) is 8.78. The Kier molecular flexibility index (Phi) is 5.81. The highest BCUT2D eigenvalue weighted by Crippen LogP contribution is 2.19. The molecular weight excluding hydrogens is 352 g/mol. The van der Waals surface area contributed by atoms with E-state index in [9.17, 15) is 0 Å². The van der Waals surface area contributed by atoms with Crippen LogP contribution in [0.4, 0.5) is 5.69 Å². The topological polar surface area (TPSA) is 54.2 Å². The van der Waals surface area contributed by atoms with Gasteiger partial charge >= 0.3 is 0 Å². The van der Waals surface area contributed by atoms with Gasteiger partial charge in [-0.15, -0.1) is 0 Å². The number of hydrogen-bond acceptors (Lipinski definition) is 3. The van der Waals surface area contributed by atoms with Gasteiger partial charge in [0.1, 0.15) is 0 Å². The molecular formula is C19H19ClN4S. The van der Waals surface area contributed by atoms with Crippen LogP contribution in [0.5, 0.6) is 0 Å². The Morgan fingerprint density at radius 2 is 2.04 bits per heavy atom. The quantitative estimate of drug-likeness (QED) is 0.664. The predicted molar refractivity (Wildman–Crippen MR) is 109 cm³/mol. The van der Waals surface area contributed by atoms with Gasteiger partial charge in [0.05, 0.1) is 0 Å². The molecule has 0 bridgehead atoms. The first-order valence-electron chi connectivity index (χ1n) is 8.00. The molecule has 0 unspecified atom stereocenters. The van der Waals surface area contributed by atoms with Crippen molar-refractivity contribution in [2.45, 2.75) is 6.54 Å². The fourth-order valence-corrected chi connectivity index (χ4v) is 3.11. The molecule has 3 N–H and O–H groups in total. The maximum atomic E-state index is 6.07. The Bertz CT molecular complexity index is 884. The molecule has 4 nitrogen and oxygen atoms in total. The van der Waals surface area contributed by atoms with Crippen LogP contribution in [0.1, 0.15) is 5.56 Å². The van der Waals surface area contributed by atoms with Crippen LogP contribution in [0, 0.1) is 0 Å². The van der Waals surface area contributed by atoms with E-state index in [1.54, 1.807) is 6.20 Å². The summed E-state index contributed by atoms with van der Waals surface area (Å²) in [6.07, 6.45) is 3.63. The third-order valence-electron chi connectivity index (χ3n) is 3.84. The van der Waals surface area contributed by atoms with Crippen molar-refractivity contribution in [1.82, 2.24) is 9.88 Å². The minimum Gasteiger partial charge on any atom is -0.343 e. The zero-order valence-electron chi connectivity index (χ0n) is 13.7. The molecule has 25 heavy (non-hydrogen) atoms. The number of anilines is 1. The molecule has 3 aromatic rings. The molecule has 0 aliphatic rings. The summed E-state index contributed by atoms with van der Waals surface area (Å²) in [7, 11) is 0. The second-order valence-electron chi connectivity index (χ2n) is 5.71. The normalized spacial score (nSPS) is 10.6. The number of thiocarbonyl (C=S) groups is 1. The third kappa shape index (κ3) is 4.66. The number of nitrogens with zero attached hydrogens (tertiary/aromatic N) is 2. The second-order valence-corrected chi connectivity index (χ2v) is 6.53. The molecule has 0 atom stereocenters. The molecule has 2 aromatic carbocycles. The fraction of sp³-hybridized carbons (Fsp3) is 0.158. The van der Waals surface area contributed by atoms with E-state index >= 15 is 0 Å². The van der Waals surface area contributed by atoms with Crippen LogP contribution in [0.15, 0.2) is 60.9 Å². The van der Waals surface area contributed by atoms with E-state index in [2.05, 4.69) is 16.4 Å². The monoisotopic (exact) mass is 370 g/mol. The van der Waals surface area contributed by atoms with E-state index < -0.39 is 0 Å². The van der Waals surface area contributed by atoms with Gasteiger partial charge in [-0.1, -0.05) is 29.8 Å². The summed E-state index contributed by atoms with van der Waals surface area (Å²) < 4.78 is 0. The number of nitrogens with two attached hydrogens (primary N) is 1. The van der Waals surface area contributed by atoms with Gasteiger partial charge < -0.3 is 16.0 Å². The van der Waals surface area contributed by atoms with Gasteiger partial charge in [0, 0.05) is 48.1 Å². The number of aromatic nitrogens is 1. The van der Waals surface area contributed by atoms with Crippen molar-refractivity contribution in [1.29, 1.82) is 0 Å². The Morgan fingerprint density at radius 1 is 1.16 bits per heavy atom. The van der Waals surface area contributed by atoms with Gasteiger partial charge in [-0.2, -0.15) is 0 Å². The molecule has 0 aliphatic carbocycles. The molecule has 0 saturated carbocycles. The number of halogens is 1. The summed E-state index contributed by atoms with van der Waals surface area (Å²) in [5, 5.41) is 6.86. The Morgan fingerprint density at radius 3 is 2.84 bits per heavy atom. The Hall–Kier alpha value is -2.21. The summed E-state index contributed by atoms with van der Waals surface area (Å²) in [6.45, 7) is 1.84. The van der Waals surface area contributed by atoms with Gasteiger partial charge in [-0.25, -0.2) is 0 Å². The van der Waals surface area contributed by atoms with Crippen molar-refractivity contribution in [3.05, 3.63) is 71.5 Å². The lowest BCUT2D eigenvalue weighted by Gasteiger charge is -2.25. The molecule has 0 saturated heterocycles. The van der Waals surface area contributed by atoms with E-state index in [1.165, 1.54) is 0 Å². The Balaban J connectivity index is 1.75. The molecule has 1 aromatic heterocycles. The van der Waals surface area contributed by atoms with Gasteiger partial charge in [0.25, 0.3) is 0 Å². The average molecular weight is 371 g/mol. The van der Waals surface area contributed by atoms with Crippen molar-refractivity contribution >= 4 is 45.4 Å². The highest BCUT2D eigenvalue weighted by Gasteiger charge is 2.10. The highest BCUT2D eigenvalue weighted by molar-refractivity contribution is 7.80. The van der Waals surface area contributed by atoms with Crippen molar-refractivity contribution in [3.8, 4) is 0 Å². The number of pyridine rings is 1. The lowest BCUT2D eigenvalue weighted by molar-refractivity contribution is 0.429. The van der Waals surface area contributed by atoms with Crippen LogP contribution in [0.25, 0.3) is 10.8 Å². The van der Waals surface area contributed by atoms with Crippen LogP contribution >= 0.6 is 23.8 Å². The number of rotatable bonds is 5. The van der Waals surface area contributed by atoms with E-state index in [4.69, 9.17) is 29.6 Å². The molecule has 0 spiro atoms. The van der Waals surface area contributed by atoms with Gasteiger partial charge in [-0.3, -0.25) is 4.98 Å². The lowest BCUT2D eigenvalue weighted by atomic mass is 10.1. The predicted octanol–water partition coefficient (Wildman–Crippen LogP) is 4.05. The summed E-state index contributed by atoms with van der Waals surface area (Å²) in [5.74, 6) is 0. The maximum absolute atomic E-state index is 6.07. The molecule has 0 radical (unpaired) electrons. The van der Waals surface area contributed by atoms with Crippen molar-refractivity contribution in [2.75, 3.05) is 18.4 Å². The van der Waals surface area contributed by atoms with Gasteiger partial charge in [0.2, 0.25) is 0 Å². The zero-order valence-corrected chi connectivity index (χ0v) is 15.2. The first kappa shape index (κ1) is 17.6. The van der Waals surface area contributed by atoms with Crippen molar-refractivity contribution in [3.63, 3.8) is 0 Å². The van der Waals surface area contributed by atoms with Crippen LogP contribution in [-0.4, -0.2) is 28.1 Å². The van der Waals surface area contributed by atoms with E-state index in [1.807, 2.05) is 53.6 Å². The highest BCUT2D eigenvalue weighted by atomic mass is 35.5. The Labute approximate surface area is 157 Å². The van der Waals surface area contributed by atoms with Crippen molar-refractivity contribution in [2.24, 2.45) is 5.73 Å². The third-order valence-corrected chi connectivity index (χ3v) is 4.44. The SMILES string of the molecule is NCCN(Cc1cccc(Cl)c1)C(=S)Nc1ccc2cnccc2c1. The molecule has 128 valence electrons. The summed E-state index contributed by atoms with van der Waals surface area (Å²) in [5.41, 5.74) is 7.79. The van der Waals surface area contributed by atoms with Crippen LogP contribution in [0.3, 0.4) is 0 Å². The largest absolute Gasteiger partial charge is 0.343 e. The second kappa shape index (κ2) is 8.25. The number of fused-ring (bicyclic) bond motifs is 1. The molecule has 6 heteroatoms. The van der Waals surface area contributed by atoms with Crippen LogP contribution in [0.2, 0.25) is 5.02 Å². The van der Waals surface area contributed by atoms with Gasteiger partial charge in [-0.05, 0) is 53.5 Å². The number of benzene rings is 2. The van der Waals surface area contributed by atoms with E-state index in [0.29, 0.717) is 29.8 Å².